The first kappa shape index (κ1) is 11.1. The Bertz CT molecular complexity index is 356. The van der Waals surface area contributed by atoms with Gasteiger partial charge in [-0.05, 0) is 19.3 Å². The molecule has 2 rings (SSSR count). The van der Waals surface area contributed by atoms with Gasteiger partial charge in [0, 0.05) is 19.6 Å². The van der Waals surface area contributed by atoms with E-state index in [-0.39, 0.29) is 12.5 Å². The second-order valence-corrected chi connectivity index (χ2v) is 4.05. The summed E-state index contributed by atoms with van der Waals surface area (Å²) in [6.45, 7) is 2.37. The van der Waals surface area contributed by atoms with Gasteiger partial charge < -0.3 is 10.6 Å². The van der Waals surface area contributed by atoms with Crippen molar-refractivity contribution < 1.29 is 4.79 Å². The van der Waals surface area contributed by atoms with Crippen LogP contribution in [-0.4, -0.2) is 38.9 Å². The second kappa shape index (κ2) is 5.07. The molecule has 0 aromatic carbocycles. The molecule has 88 valence electrons. The van der Waals surface area contributed by atoms with Gasteiger partial charge in [0.2, 0.25) is 5.91 Å². The van der Waals surface area contributed by atoms with E-state index >= 15 is 0 Å². The minimum absolute atomic E-state index is 0.119. The minimum atomic E-state index is 0.119. The first-order chi connectivity index (χ1) is 7.79. The predicted molar refractivity (Wildman–Crippen MR) is 58.3 cm³/mol. The maximum absolute atomic E-state index is 11.9. The molecule has 1 aliphatic rings. The highest BCUT2D eigenvalue weighted by molar-refractivity contribution is 5.75. The number of hydrogen-bond acceptors (Lipinski definition) is 4. The Morgan fingerprint density at radius 1 is 1.38 bits per heavy atom. The number of rotatable bonds is 3. The van der Waals surface area contributed by atoms with Gasteiger partial charge in [0.15, 0.2) is 0 Å². The number of carbonyl (C=O) groups excluding carboxylic acids is 1. The lowest BCUT2D eigenvalue weighted by Crippen LogP contribution is -2.37. The molecule has 6 nitrogen and oxygen atoms in total. The van der Waals surface area contributed by atoms with Crippen LogP contribution in [0, 0.1) is 0 Å². The van der Waals surface area contributed by atoms with Crippen LogP contribution in [0.3, 0.4) is 0 Å². The Balaban J connectivity index is 1.90. The Morgan fingerprint density at radius 2 is 2.12 bits per heavy atom. The Morgan fingerprint density at radius 3 is 2.75 bits per heavy atom. The smallest absolute Gasteiger partial charge is 0.244 e. The lowest BCUT2D eigenvalue weighted by atomic mass is 10.1. The third-order valence-electron chi connectivity index (χ3n) is 2.80. The highest BCUT2D eigenvalue weighted by atomic mass is 16.2. The molecule has 1 aromatic rings. The molecular weight excluding hydrogens is 206 g/mol. The summed E-state index contributed by atoms with van der Waals surface area (Å²) in [5.74, 6) is 0.119. The van der Waals surface area contributed by atoms with Crippen molar-refractivity contribution in [1.29, 1.82) is 0 Å². The molecule has 2 heterocycles. The van der Waals surface area contributed by atoms with Crippen molar-refractivity contribution >= 4 is 5.91 Å². The van der Waals surface area contributed by atoms with Crippen LogP contribution >= 0.6 is 0 Å². The van der Waals surface area contributed by atoms with Gasteiger partial charge >= 0.3 is 0 Å². The predicted octanol–water partition coefficient (Wildman–Crippen LogP) is -0.251. The normalized spacial score (nSPS) is 16.4. The van der Waals surface area contributed by atoms with Gasteiger partial charge in [-0.3, -0.25) is 4.79 Å². The Hall–Kier alpha value is -1.43. The quantitative estimate of drug-likeness (QED) is 0.766. The average molecular weight is 223 g/mol. The van der Waals surface area contributed by atoms with Crippen LogP contribution in [-0.2, 0) is 17.9 Å². The maximum atomic E-state index is 11.9. The van der Waals surface area contributed by atoms with Gasteiger partial charge in [0.1, 0.15) is 6.54 Å². The second-order valence-electron chi connectivity index (χ2n) is 4.05. The minimum Gasteiger partial charge on any atom is -0.341 e. The summed E-state index contributed by atoms with van der Waals surface area (Å²) in [7, 11) is 0. The number of hydrogen-bond donors (Lipinski definition) is 1. The van der Waals surface area contributed by atoms with Crippen LogP contribution in [0.2, 0.25) is 0 Å². The van der Waals surface area contributed by atoms with E-state index in [2.05, 4.69) is 10.3 Å². The highest BCUT2D eigenvalue weighted by Crippen LogP contribution is 2.09. The Labute approximate surface area is 94.4 Å². The van der Waals surface area contributed by atoms with Gasteiger partial charge in [0.05, 0.1) is 11.9 Å². The number of aromatic nitrogens is 3. The maximum Gasteiger partial charge on any atom is 0.244 e. The molecule has 16 heavy (non-hydrogen) atoms. The highest BCUT2D eigenvalue weighted by Gasteiger charge is 2.17. The van der Waals surface area contributed by atoms with Gasteiger partial charge in [0.25, 0.3) is 0 Å². The van der Waals surface area contributed by atoms with Crippen molar-refractivity contribution in [3.63, 3.8) is 0 Å². The number of likely N-dealkylation sites (tertiary alicyclic amines) is 1. The molecule has 0 spiro atoms. The zero-order valence-corrected chi connectivity index (χ0v) is 9.30. The molecule has 6 heteroatoms. The SMILES string of the molecule is NCc1cn(CC(=O)N2CCCCC2)nn1. The van der Waals surface area contributed by atoms with Crippen molar-refractivity contribution in [1.82, 2.24) is 19.9 Å². The summed E-state index contributed by atoms with van der Waals surface area (Å²) in [6.07, 6.45) is 5.17. The third kappa shape index (κ3) is 2.57. The molecule has 0 saturated carbocycles. The van der Waals surface area contributed by atoms with Gasteiger partial charge in [-0.25, -0.2) is 4.68 Å². The topological polar surface area (TPSA) is 77.0 Å². The van der Waals surface area contributed by atoms with E-state index in [4.69, 9.17) is 5.73 Å². The number of amides is 1. The molecule has 1 saturated heterocycles. The van der Waals surface area contributed by atoms with E-state index < -0.39 is 0 Å². The van der Waals surface area contributed by atoms with Crippen LogP contribution in [0.15, 0.2) is 6.20 Å². The molecule has 1 aliphatic heterocycles. The summed E-state index contributed by atoms with van der Waals surface area (Å²) >= 11 is 0. The van der Waals surface area contributed by atoms with Crippen molar-refractivity contribution in [2.75, 3.05) is 13.1 Å². The van der Waals surface area contributed by atoms with Crippen molar-refractivity contribution in [2.24, 2.45) is 5.73 Å². The van der Waals surface area contributed by atoms with Gasteiger partial charge in [-0.1, -0.05) is 5.21 Å². The molecule has 1 amide bonds. The monoisotopic (exact) mass is 223 g/mol. The molecule has 0 radical (unpaired) electrons. The third-order valence-corrected chi connectivity index (χ3v) is 2.80. The van der Waals surface area contributed by atoms with E-state index in [0.717, 1.165) is 25.9 Å². The van der Waals surface area contributed by atoms with E-state index in [0.29, 0.717) is 12.2 Å². The van der Waals surface area contributed by atoms with Gasteiger partial charge in [-0.2, -0.15) is 0 Å². The molecule has 0 atom stereocenters. The molecule has 1 aromatic heterocycles. The summed E-state index contributed by atoms with van der Waals surface area (Å²) < 4.78 is 1.55. The zero-order chi connectivity index (χ0) is 11.4. The van der Waals surface area contributed by atoms with Crippen LogP contribution in [0.25, 0.3) is 0 Å². The van der Waals surface area contributed by atoms with Crippen molar-refractivity contribution in [3.05, 3.63) is 11.9 Å². The number of nitrogens with two attached hydrogens (primary N) is 1. The molecule has 1 fully saturated rings. The zero-order valence-electron chi connectivity index (χ0n) is 9.30. The van der Waals surface area contributed by atoms with Crippen LogP contribution < -0.4 is 5.73 Å². The fourth-order valence-corrected chi connectivity index (χ4v) is 1.89. The molecule has 2 N–H and O–H groups in total. The summed E-state index contributed by atoms with van der Waals surface area (Å²) in [4.78, 5) is 13.8. The number of piperidine rings is 1. The van der Waals surface area contributed by atoms with Crippen LogP contribution in [0.4, 0.5) is 0 Å². The largest absolute Gasteiger partial charge is 0.341 e. The first-order valence-corrected chi connectivity index (χ1v) is 5.66. The summed E-state index contributed by atoms with van der Waals surface area (Å²) in [5, 5.41) is 7.71. The summed E-state index contributed by atoms with van der Waals surface area (Å²) in [5.41, 5.74) is 6.14. The lowest BCUT2D eigenvalue weighted by molar-refractivity contribution is -0.132. The van der Waals surface area contributed by atoms with Crippen molar-refractivity contribution in [2.45, 2.75) is 32.4 Å². The van der Waals surface area contributed by atoms with Gasteiger partial charge in [-0.15, -0.1) is 5.10 Å². The average Bonchev–Trinajstić information content (AvgIpc) is 2.78. The number of nitrogens with zero attached hydrogens (tertiary/aromatic N) is 4. The standard InChI is InChI=1S/C10H17N5O/c11-6-9-7-15(13-12-9)8-10(16)14-4-2-1-3-5-14/h7H,1-6,8,11H2. The molecule has 0 unspecified atom stereocenters. The molecular formula is C10H17N5O. The molecule has 0 aliphatic carbocycles. The van der Waals surface area contributed by atoms with E-state index in [9.17, 15) is 4.79 Å². The van der Waals surface area contributed by atoms with E-state index in [1.807, 2.05) is 4.90 Å². The van der Waals surface area contributed by atoms with Crippen molar-refractivity contribution in [3.8, 4) is 0 Å². The number of carbonyl (C=O) groups is 1. The Kier molecular flexibility index (Phi) is 3.51. The van der Waals surface area contributed by atoms with Crippen LogP contribution in [0.1, 0.15) is 25.0 Å². The summed E-state index contributed by atoms with van der Waals surface area (Å²) in [6, 6.07) is 0. The van der Waals surface area contributed by atoms with Crippen LogP contribution in [0.5, 0.6) is 0 Å². The molecule has 0 bridgehead atoms. The fourth-order valence-electron chi connectivity index (χ4n) is 1.89. The van der Waals surface area contributed by atoms with E-state index in [1.54, 1.807) is 10.9 Å². The fraction of sp³-hybridized carbons (Fsp3) is 0.700. The first-order valence-electron chi connectivity index (χ1n) is 5.66. The lowest BCUT2D eigenvalue weighted by Gasteiger charge is -2.26. The van der Waals surface area contributed by atoms with E-state index in [1.165, 1.54) is 6.42 Å².